The molecular formula is C15H8F3N5O2. The molecular weight excluding hydrogens is 339 g/mol. The maximum Gasteiger partial charge on any atom is 0.435 e. The van der Waals surface area contributed by atoms with Gasteiger partial charge in [0.25, 0.3) is 0 Å². The van der Waals surface area contributed by atoms with Crippen LogP contribution in [0.1, 0.15) is 16.1 Å². The molecule has 0 aliphatic rings. The van der Waals surface area contributed by atoms with Crippen molar-refractivity contribution in [2.24, 2.45) is 0 Å². The second-order valence-corrected chi connectivity index (χ2v) is 5.30. The summed E-state index contributed by atoms with van der Waals surface area (Å²) in [6.45, 7) is 0. The number of pyridine rings is 1. The van der Waals surface area contributed by atoms with Crippen LogP contribution >= 0.6 is 0 Å². The molecule has 0 fully saturated rings. The number of aromatic amines is 2. The van der Waals surface area contributed by atoms with Crippen LogP contribution in [0.4, 0.5) is 13.2 Å². The highest BCUT2D eigenvalue weighted by Gasteiger charge is 2.37. The lowest BCUT2D eigenvalue weighted by Gasteiger charge is -2.09. The van der Waals surface area contributed by atoms with Gasteiger partial charge >= 0.3 is 12.1 Å². The fourth-order valence-corrected chi connectivity index (χ4v) is 2.76. The molecule has 4 rings (SSSR count). The van der Waals surface area contributed by atoms with Crippen LogP contribution in [0.15, 0.2) is 30.6 Å². The summed E-state index contributed by atoms with van der Waals surface area (Å²) in [7, 11) is 0. The Hall–Kier alpha value is -3.43. The number of rotatable bonds is 2. The van der Waals surface area contributed by atoms with Gasteiger partial charge in [-0.3, -0.25) is 10.2 Å². The number of halogens is 3. The Kier molecular flexibility index (Phi) is 3.04. The number of carboxylic acids is 1. The number of benzene rings is 1. The fourth-order valence-electron chi connectivity index (χ4n) is 2.76. The lowest BCUT2D eigenvalue weighted by Crippen LogP contribution is -2.08. The molecule has 0 amide bonds. The molecule has 0 saturated carbocycles. The first kappa shape index (κ1) is 15.1. The number of hydrogen-bond acceptors (Lipinski definition) is 4. The number of alkyl halides is 3. The predicted molar refractivity (Wildman–Crippen MR) is 80.9 cm³/mol. The van der Waals surface area contributed by atoms with Gasteiger partial charge in [-0.1, -0.05) is 0 Å². The first-order chi connectivity index (χ1) is 11.9. The van der Waals surface area contributed by atoms with Crippen molar-refractivity contribution in [3.8, 4) is 11.3 Å². The molecule has 25 heavy (non-hydrogen) atoms. The number of carboxylic acid groups (broad SMARTS) is 1. The highest BCUT2D eigenvalue weighted by atomic mass is 19.4. The lowest BCUT2D eigenvalue weighted by atomic mass is 10.0. The third kappa shape index (κ3) is 2.30. The molecule has 126 valence electrons. The Morgan fingerprint density at radius 3 is 2.76 bits per heavy atom. The van der Waals surface area contributed by atoms with Gasteiger partial charge in [0.1, 0.15) is 0 Å². The average Bonchev–Trinajstić information content (AvgIpc) is 3.21. The van der Waals surface area contributed by atoms with Crippen LogP contribution in [-0.4, -0.2) is 36.5 Å². The summed E-state index contributed by atoms with van der Waals surface area (Å²) in [6, 6.07) is 4.27. The van der Waals surface area contributed by atoms with E-state index in [4.69, 9.17) is 0 Å². The maximum absolute atomic E-state index is 13.1. The van der Waals surface area contributed by atoms with E-state index in [-0.39, 0.29) is 22.3 Å². The molecule has 1 aromatic carbocycles. The van der Waals surface area contributed by atoms with Crippen molar-refractivity contribution in [3.63, 3.8) is 0 Å². The van der Waals surface area contributed by atoms with E-state index in [0.717, 1.165) is 12.3 Å². The molecule has 3 heterocycles. The van der Waals surface area contributed by atoms with Gasteiger partial charge in [0.2, 0.25) is 0 Å². The van der Waals surface area contributed by atoms with Crippen LogP contribution in [0.2, 0.25) is 0 Å². The van der Waals surface area contributed by atoms with Crippen LogP contribution in [-0.2, 0) is 6.18 Å². The third-order valence-electron chi connectivity index (χ3n) is 3.81. The Morgan fingerprint density at radius 1 is 1.24 bits per heavy atom. The summed E-state index contributed by atoms with van der Waals surface area (Å²) in [5.74, 6) is -1.28. The number of nitrogens with zero attached hydrogens (tertiary/aromatic N) is 3. The van der Waals surface area contributed by atoms with Gasteiger partial charge in [0.05, 0.1) is 34.1 Å². The van der Waals surface area contributed by atoms with Crippen LogP contribution in [0.5, 0.6) is 0 Å². The quantitative estimate of drug-likeness (QED) is 0.516. The molecule has 0 saturated heterocycles. The minimum atomic E-state index is -4.69. The largest absolute Gasteiger partial charge is 0.478 e. The summed E-state index contributed by atoms with van der Waals surface area (Å²) in [4.78, 5) is 15.9. The molecule has 0 bridgehead atoms. The van der Waals surface area contributed by atoms with Crippen LogP contribution < -0.4 is 0 Å². The maximum atomic E-state index is 13.1. The number of aromatic carboxylic acids is 1. The monoisotopic (exact) mass is 347 g/mol. The van der Waals surface area contributed by atoms with Gasteiger partial charge < -0.3 is 5.11 Å². The van der Waals surface area contributed by atoms with Gasteiger partial charge in [0, 0.05) is 17.0 Å². The van der Waals surface area contributed by atoms with Crippen LogP contribution in [0.25, 0.3) is 33.1 Å². The molecule has 3 N–H and O–H groups in total. The number of hydrogen-bond donors (Lipinski definition) is 3. The van der Waals surface area contributed by atoms with Gasteiger partial charge in [-0.2, -0.15) is 23.4 Å². The summed E-state index contributed by atoms with van der Waals surface area (Å²) in [5.41, 5.74) is -0.915. The van der Waals surface area contributed by atoms with Gasteiger partial charge in [0.15, 0.2) is 5.69 Å². The van der Waals surface area contributed by atoms with Crippen molar-refractivity contribution in [2.75, 3.05) is 0 Å². The van der Waals surface area contributed by atoms with E-state index in [1.165, 1.54) is 12.3 Å². The first-order valence-electron chi connectivity index (χ1n) is 6.97. The van der Waals surface area contributed by atoms with Crippen molar-refractivity contribution in [3.05, 3.63) is 41.9 Å². The van der Waals surface area contributed by atoms with Crippen LogP contribution in [0, 0.1) is 0 Å². The second-order valence-electron chi connectivity index (χ2n) is 5.30. The topological polar surface area (TPSA) is 108 Å². The minimum Gasteiger partial charge on any atom is -0.478 e. The zero-order valence-electron chi connectivity index (χ0n) is 12.2. The summed E-state index contributed by atoms with van der Waals surface area (Å²) in [6.07, 6.45) is -2.20. The highest BCUT2D eigenvalue weighted by molar-refractivity contribution is 6.15. The summed E-state index contributed by atoms with van der Waals surface area (Å²) >= 11 is 0. The van der Waals surface area contributed by atoms with E-state index in [9.17, 15) is 23.1 Å². The second kappa shape index (κ2) is 5.03. The Labute approximate surface area is 136 Å². The Balaban J connectivity index is 2.06. The standard InChI is InChI=1S/C15H8F3N5O2/c16-15(17,18)13-8(5-20-23-13)11-3-6(14(24)25)12-7-4-19-22-9(7)1-2-10(12)21-11/h1-5H,(H,19,22)(H,20,23)(H,24,25). The van der Waals surface area contributed by atoms with Crippen LogP contribution in [0.3, 0.4) is 0 Å². The summed E-state index contributed by atoms with van der Waals surface area (Å²) in [5, 5.41) is 22.3. The molecule has 0 atom stereocenters. The van der Waals surface area contributed by atoms with Crippen molar-refractivity contribution < 1.29 is 23.1 Å². The molecule has 3 aromatic heterocycles. The average molecular weight is 347 g/mol. The number of H-pyrrole nitrogens is 2. The SMILES string of the molecule is O=C(O)c1cc(-c2c[nH]nc2C(F)(F)F)nc2ccc3[nH]ncc3c12. The summed E-state index contributed by atoms with van der Waals surface area (Å²) < 4.78 is 39.2. The van der Waals surface area contributed by atoms with E-state index >= 15 is 0 Å². The third-order valence-corrected chi connectivity index (χ3v) is 3.81. The fraction of sp³-hybridized carbons (Fsp3) is 0.0667. The van der Waals surface area contributed by atoms with E-state index in [2.05, 4.69) is 25.4 Å². The van der Waals surface area contributed by atoms with Gasteiger partial charge in [-0.15, -0.1) is 0 Å². The molecule has 0 spiro atoms. The van der Waals surface area contributed by atoms with E-state index in [1.54, 1.807) is 6.07 Å². The molecule has 0 aliphatic heterocycles. The van der Waals surface area contributed by atoms with Crippen molar-refractivity contribution >= 4 is 27.8 Å². The van der Waals surface area contributed by atoms with E-state index < -0.39 is 17.8 Å². The van der Waals surface area contributed by atoms with E-state index in [1.807, 2.05) is 0 Å². The number of carbonyl (C=O) groups is 1. The Bertz CT molecular complexity index is 1130. The number of nitrogens with one attached hydrogen (secondary N) is 2. The first-order valence-corrected chi connectivity index (χ1v) is 6.97. The minimum absolute atomic E-state index is 0.131. The smallest absolute Gasteiger partial charge is 0.435 e. The molecule has 7 nitrogen and oxygen atoms in total. The van der Waals surface area contributed by atoms with Gasteiger partial charge in [-0.25, -0.2) is 9.78 Å². The highest BCUT2D eigenvalue weighted by Crippen LogP contribution is 2.36. The van der Waals surface area contributed by atoms with Crippen molar-refractivity contribution in [2.45, 2.75) is 6.18 Å². The van der Waals surface area contributed by atoms with Crippen molar-refractivity contribution in [1.82, 2.24) is 25.4 Å². The molecule has 10 heteroatoms. The molecule has 0 aliphatic carbocycles. The number of aromatic nitrogens is 5. The van der Waals surface area contributed by atoms with Gasteiger partial charge in [-0.05, 0) is 18.2 Å². The zero-order chi connectivity index (χ0) is 17.8. The normalized spacial score (nSPS) is 12.1. The predicted octanol–water partition coefficient (Wildman–Crippen LogP) is 3.22. The zero-order valence-corrected chi connectivity index (χ0v) is 12.2. The molecule has 0 radical (unpaired) electrons. The lowest BCUT2D eigenvalue weighted by molar-refractivity contribution is -0.140. The molecule has 0 unspecified atom stereocenters. The van der Waals surface area contributed by atoms with Crippen molar-refractivity contribution in [1.29, 1.82) is 0 Å². The Morgan fingerprint density at radius 2 is 2.04 bits per heavy atom. The molecule has 4 aromatic rings. The number of fused-ring (bicyclic) bond motifs is 3. The van der Waals surface area contributed by atoms with E-state index in [0.29, 0.717) is 16.3 Å².